The van der Waals surface area contributed by atoms with Crippen molar-refractivity contribution >= 4 is 0 Å². The smallest absolute Gasteiger partial charge is 0.121 e. The minimum absolute atomic E-state index is 0.00161. The molecule has 1 aromatic heterocycles. The van der Waals surface area contributed by atoms with E-state index in [2.05, 4.69) is 98.1 Å². The van der Waals surface area contributed by atoms with E-state index in [-0.39, 0.29) is 17.6 Å². The molecule has 1 heterocycles. The van der Waals surface area contributed by atoms with E-state index in [0.717, 1.165) is 29.9 Å². The number of ether oxygens (including phenoxy) is 1. The van der Waals surface area contributed by atoms with Crippen LogP contribution in [0.4, 0.5) is 0 Å². The summed E-state index contributed by atoms with van der Waals surface area (Å²) in [5.41, 5.74) is 6.97. The monoisotopic (exact) mass is 375 g/mol. The molecule has 146 valence electrons. The lowest BCUT2D eigenvalue weighted by atomic mass is 9.87. The van der Waals surface area contributed by atoms with E-state index in [1.807, 2.05) is 0 Å². The van der Waals surface area contributed by atoms with Gasteiger partial charge in [-0.2, -0.15) is 0 Å². The van der Waals surface area contributed by atoms with Crippen LogP contribution in [-0.2, 0) is 17.7 Å². The second kappa shape index (κ2) is 7.17. The van der Waals surface area contributed by atoms with Gasteiger partial charge < -0.3 is 4.74 Å². The third-order valence-corrected chi connectivity index (χ3v) is 5.04. The van der Waals surface area contributed by atoms with Gasteiger partial charge in [-0.1, -0.05) is 74.5 Å². The van der Waals surface area contributed by atoms with E-state index in [1.54, 1.807) is 0 Å². The van der Waals surface area contributed by atoms with Crippen LogP contribution in [0.15, 0.2) is 48.5 Å². The highest BCUT2D eigenvalue weighted by atomic mass is 16.5. The Morgan fingerprint density at radius 2 is 1.71 bits per heavy atom. The van der Waals surface area contributed by atoms with Crippen LogP contribution in [0.1, 0.15) is 51.8 Å². The highest BCUT2D eigenvalue weighted by molar-refractivity contribution is 5.82. The molecule has 0 N–H and O–H groups in total. The van der Waals surface area contributed by atoms with Crippen molar-refractivity contribution in [3.8, 4) is 22.5 Å². The highest BCUT2D eigenvalue weighted by Crippen LogP contribution is 2.42. The molecular weight excluding hydrogens is 346 g/mol. The van der Waals surface area contributed by atoms with Crippen molar-refractivity contribution in [3.05, 3.63) is 59.7 Å². The molecule has 28 heavy (non-hydrogen) atoms. The Morgan fingerprint density at radius 1 is 1.04 bits per heavy atom. The largest absolute Gasteiger partial charge is 0.371 e. The molecule has 0 saturated carbocycles. The summed E-state index contributed by atoms with van der Waals surface area (Å²) < 4.78 is 8.44. The lowest BCUT2D eigenvalue weighted by Crippen LogP contribution is -2.19. The summed E-state index contributed by atoms with van der Waals surface area (Å²) in [5.74, 6) is 0. The van der Waals surface area contributed by atoms with Gasteiger partial charge in [0.2, 0.25) is 0 Å². The summed E-state index contributed by atoms with van der Waals surface area (Å²) in [6.07, 6.45) is 0.991. The van der Waals surface area contributed by atoms with E-state index < -0.39 is 0 Å². The first-order chi connectivity index (χ1) is 13.3. The van der Waals surface area contributed by atoms with Gasteiger partial charge in [0.15, 0.2) is 0 Å². The Morgan fingerprint density at radius 3 is 2.43 bits per heavy atom. The topological polar surface area (TPSA) is 39.9 Å². The maximum absolute atomic E-state index is 6.36. The molecule has 1 unspecified atom stereocenters. The van der Waals surface area contributed by atoms with Gasteiger partial charge in [0.1, 0.15) is 5.69 Å². The number of rotatable bonds is 3. The summed E-state index contributed by atoms with van der Waals surface area (Å²) in [4.78, 5) is 0. The first-order valence-corrected chi connectivity index (χ1v) is 10.1. The molecule has 2 aromatic carbocycles. The third-order valence-electron chi connectivity index (χ3n) is 5.04. The second-order valence-corrected chi connectivity index (χ2v) is 9.13. The fraction of sp³-hybridized carbons (Fsp3) is 0.417. The number of aromatic nitrogens is 3. The molecule has 1 aliphatic carbocycles. The minimum atomic E-state index is -0.00161. The number of benzene rings is 2. The molecule has 0 saturated heterocycles. The van der Waals surface area contributed by atoms with Gasteiger partial charge in [-0.3, -0.25) is 0 Å². The molecule has 0 radical (unpaired) electrons. The van der Waals surface area contributed by atoms with Gasteiger partial charge in [-0.15, -0.1) is 5.10 Å². The minimum Gasteiger partial charge on any atom is -0.371 e. The van der Waals surface area contributed by atoms with Gasteiger partial charge in [-0.25, -0.2) is 4.68 Å². The van der Waals surface area contributed by atoms with Crippen LogP contribution < -0.4 is 0 Å². The van der Waals surface area contributed by atoms with Gasteiger partial charge in [0.05, 0.1) is 17.9 Å². The Hall–Kier alpha value is -2.46. The average molecular weight is 376 g/mol. The van der Waals surface area contributed by atoms with E-state index in [0.29, 0.717) is 0 Å². The van der Waals surface area contributed by atoms with Crippen molar-refractivity contribution in [2.45, 2.75) is 59.8 Å². The van der Waals surface area contributed by atoms with Gasteiger partial charge in [0, 0.05) is 24.1 Å². The summed E-state index contributed by atoms with van der Waals surface area (Å²) in [5, 5.41) is 9.23. The molecular formula is C24H29N3O. The van der Waals surface area contributed by atoms with Crippen molar-refractivity contribution in [3.63, 3.8) is 0 Å². The number of hydrogen-bond acceptors (Lipinski definition) is 3. The van der Waals surface area contributed by atoms with E-state index in [1.165, 1.54) is 16.7 Å². The van der Waals surface area contributed by atoms with Crippen LogP contribution in [-0.4, -0.2) is 21.1 Å². The molecule has 0 amide bonds. The molecule has 0 spiro atoms. The fourth-order valence-corrected chi connectivity index (χ4v) is 4.00. The SMILES string of the molecule is CC(C)OC1Cc2ccccc2-c2c(nnn2CC(C)(C)C)-c2ccccc21. The summed E-state index contributed by atoms with van der Waals surface area (Å²) in [6, 6.07) is 17.1. The summed E-state index contributed by atoms with van der Waals surface area (Å²) in [7, 11) is 0. The Bertz CT molecular complexity index is 982. The zero-order chi connectivity index (χ0) is 19.9. The lowest BCUT2D eigenvalue weighted by Gasteiger charge is -2.27. The molecule has 0 fully saturated rings. The van der Waals surface area contributed by atoms with Crippen molar-refractivity contribution in [2.75, 3.05) is 0 Å². The highest BCUT2D eigenvalue weighted by Gasteiger charge is 2.29. The molecule has 1 atom stereocenters. The maximum atomic E-state index is 6.36. The summed E-state index contributed by atoms with van der Waals surface area (Å²) in [6.45, 7) is 11.7. The van der Waals surface area contributed by atoms with E-state index in [4.69, 9.17) is 4.74 Å². The number of nitrogens with zero attached hydrogens (tertiary/aromatic N) is 3. The van der Waals surface area contributed by atoms with Crippen molar-refractivity contribution in [2.24, 2.45) is 5.41 Å². The molecule has 4 rings (SSSR count). The van der Waals surface area contributed by atoms with Crippen LogP contribution in [0.5, 0.6) is 0 Å². The predicted molar refractivity (Wildman–Crippen MR) is 113 cm³/mol. The van der Waals surface area contributed by atoms with Crippen LogP contribution in [0.25, 0.3) is 22.5 Å². The maximum Gasteiger partial charge on any atom is 0.121 e. The quantitative estimate of drug-likeness (QED) is 0.591. The van der Waals surface area contributed by atoms with E-state index in [9.17, 15) is 0 Å². The Kier molecular flexibility index (Phi) is 4.84. The summed E-state index contributed by atoms with van der Waals surface area (Å²) >= 11 is 0. The van der Waals surface area contributed by atoms with Crippen LogP contribution >= 0.6 is 0 Å². The molecule has 4 nitrogen and oxygen atoms in total. The predicted octanol–water partition coefficient (Wildman–Crippen LogP) is 5.68. The average Bonchev–Trinajstić information content (AvgIpc) is 3.01. The Labute approximate surface area is 167 Å². The standard InChI is InChI=1S/C24H29N3O/c1-16(2)28-21-14-17-10-6-7-11-18(17)23-22(20-13-9-8-12-19(20)21)25-26-27(23)15-24(3,4)5/h6-13,16,21H,14-15H2,1-5H3. The van der Waals surface area contributed by atoms with Crippen LogP contribution in [0.2, 0.25) is 0 Å². The molecule has 1 aliphatic rings. The van der Waals surface area contributed by atoms with E-state index >= 15 is 0 Å². The van der Waals surface area contributed by atoms with Crippen molar-refractivity contribution in [1.29, 1.82) is 0 Å². The van der Waals surface area contributed by atoms with Gasteiger partial charge in [0.25, 0.3) is 0 Å². The van der Waals surface area contributed by atoms with Crippen LogP contribution in [0.3, 0.4) is 0 Å². The van der Waals surface area contributed by atoms with Gasteiger partial charge in [-0.05, 0) is 30.4 Å². The third kappa shape index (κ3) is 3.61. The zero-order valence-corrected chi connectivity index (χ0v) is 17.4. The number of fused-ring (bicyclic) bond motifs is 5. The first-order valence-electron chi connectivity index (χ1n) is 10.1. The molecule has 0 aliphatic heterocycles. The first kappa shape index (κ1) is 18.9. The normalized spacial score (nSPS) is 16.1. The molecule has 4 heteroatoms. The Balaban J connectivity index is 1.98. The fourth-order valence-electron chi connectivity index (χ4n) is 4.00. The molecule has 0 bridgehead atoms. The van der Waals surface area contributed by atoms with Gasteiger partial charge >= 0.3 is 0 Å². The molecule has 3 aromatic rings. The lowest BCUT2D eigenvalue weighted by molar-refractivity contribution is 0.00716. The van der Waals surface area contributed by atoms with Crippen molar-refractivity contribution in [1.82, 2.24) is 15.0 Å². The van der Waals surface area contributed by atoms with Crippen LogP contribution in [0, 0.1) is 5.41 Å². The second-order valence-electron chi connectivity index (χ2n) is 9.13. The zero-order valence-electron chi connectivity index (χ0n) is 17.4. The van der Waals surface area contributed by atoms with Crippen molar-refractivity contribution < 1.29 is 4.74 Å². The number of hydrogen-bond donors (Lipinski definition) is 0.